The van der Waals surface area contributed by atoms with Crippen molar-refractivity contribution in [1.82, 2.24) is 5.32 Å². The van der Waals surface area contributed by atoms with Gasteiger partial charge in [0.2, 0.25) is 0 Å². The van der Waals surface area contributed by atoms with E-state index in [1.165, 1.54) is 24.0 Å². The number of aryl methyl sites for hydroxylation is 1. The Bertz CT molecular complexity index is 375. The van der Waals surface area contributed by atoms with Crippen LogP contribution < -0.4 is 5.32 Å². The van der Waals surface area contributed by atoms with Crippen LogP contribution in [0.25, 0.3) is 0 Å². The van der Waals surface area contributed by atoms with Crippen LogP contribution in [0.4, 0.5) is 0 Å². The lowest BCUT2D eigenvalue weighted by molar-refractivity contribution is 0.141. The molecule has 94 valence electrons. The van der Waals surface area contributed by atoms with Gasteiger partial charge < -0.3 is 10.4 Å². The molecule has 2 nitrogen and oxygen atoms in total. The zero-order chi connectivity index (χ0) is 12.3. The van der Waals surface area contributed by atoms with Gasteiger partial charge in [0, 0.05) is 6.04 Å². The van der Waals surface area contributed by atoms with Crippen LogP contribution in [0.3, 0.4) is 0 Å². The van der Waals surface area contributed by atoms with Gasteiger partial charge >= 0.3 is 0 Å². The molecule has 1 aromatic rings. The third-order valence-electron chi connectivity index (χ3n) is 3.67. The van der Waals surface area contributed by atoms with Crippen molar-refractivity contribution in [2.45, 2.75) is 51.1 Å². The quantitative estimate of drug-likeness (QED) is 0.787. The first-order valence-corrected chi connectivity index (χ1v) is 6.65. The largest absolute Gasteiger partial charge is 0.394 e. The molecular weight excluding hydrogens is 210 g/mol. The van der Waals surface area contributed by atoms with Crippen LogP contribution in [0, 0.1) is 0 Å². The lowest BCUT2D eigenvalue weighted by atomic mass is 9.84. The smallest absolute Gasteiger partial charge is 0.0673 e. The first-order chi connectivity index (χ1) is 8.18. The minimum Gasteiger partial charge on any atom is -0.394 e. The van der Waals surface area contributed by atoms with E-state index in [1.54, 1.807) is 0 Å². The number of benzene rings is 1. The molecule has 0 saturated heterocycles. The van der Waals surface area contributed by atoms with Gasteiger partial charge in [-0.25, -0.2) is 0 Å². The van der Waals surface area contributed by atoms with Crippen molar-refractivity contribution in [3.05, 3.63) is 35.4 Å². The summed E-state index contributed by atoms with van der Waals surface area (Å²) in [4.78, 5) is 0. The minimum atomic E-state index is -0.235. The second-order valence-corrected chi connectivity index (χ2v) is 5.40. The fraction of sp³-hybridized carbons (Fsp3) is 0.600. The zero-order valence-electron chi connectivity index (χ0n) is 10.9. The summed E-state index contributed by atoms with van der Waals surface area (Å²) in [5.41, 5.74) is 2.46. The van der Waals surface area contributed by atoms with Gasteiger partial charge in [-0.1, -0.05) is 30.7 Å². The topological polar surface area (TPSA) is 32.3 Å². The van der Waals surface area contributed by atoms with Gasteiger partial charge in [0.15, 0.2) is 0 Å². The molecule has 1 aromatic carbocycles. The van der Waals surface area contributed by atoms with E-state index in [0.717, 1.165) is 12.8 Å². The summed E-state index contributed by atoms with van der Waals surface area (Å²) in [7, 11) is 0. The van der Waals surface area contributed by atoms with E-state index in [1.807, 2.05) is 0 Å². The fourth-order valence-electron chi connectivity index (χ4n) is 2.99. The minimum absolute atomic E-state index is 0.183. The molecule has 2 rings (SSSR count). The standard InChI is InChI=1S/C15H23NO/c1-12(2)16-15(11-17)10-6-5-8-13-7-3-4-9-14(13)15/h3-4,7,9,12,16-17H,5-6,8,10-11H2,1-2H3. The van der Waals surface area contributed by atoms with Crippen LogP contribution in [-0.4, -0.2) is 17.8 Å². The lowest BCUT2D eigenvalue weighted by Gasteiger charge is -2.36. The molecule has 1 atom stereocenters. The Labute approximate surface area is 104 Å². The highest BCUT2D eigenvalue weighted by Crippen LogP contribution is 2.34. The van der Waals surface area contributed by atoms with Gasteiger partial charge in [0.1, 0.15) is 0 Å². The summed E-state index contributed by atoms with van der Waals surface area (Å²) >= 11 is 0. The molecule has 2 N–H and O–H groups in total. The van der Waals surface area contributed by atoms with E-state index in [-0.39, 0.29) is 12.1 Å². The first kappa shape index (κ1) is 12.6. The Morgan fingerprint density at radius 2 is 2.06 bits per heavy atom. The zero-order valence-corrected chi connectivity index (χ0v) is 10.9. The summed E-state index contributed by atoms with van der Waals surface area (Å²) in [5, 5.41) is 13.5. The van der Waals surface area contributed by atoms with E-state index in [2.05, 4.69) is 43.4 Å². The number of hydrogen-bond acceptors (Lipinski definition) is 2. The van der Waals surface area contributed by atoms with Crippen molar-refractivity contribution in [2.24, 2.45) is 0 Å². The van der Waals surface area contributed by atoms with Crippen molar-refractivity contribution in [3.8, 4) is 0 Å². The molecule has 1 aliphatic rings. The van der Waals surface area contributed by atoms with E-state index in [4.69, 9.17) is 0 Å². The van der Waals surface area contributed by atoms with Gasteiger partial charge in [-0.2, -0.15) is 0 Å². The molecule has 0 aromatic heterocycles. The van der Waals surface area contributed by atoms with Crippen molar-refractivity contribution < 1.29 is 5.11 Å². The molecule has 17 heavy (non-hydrogen) atoms. The third-order valence-corrected chi connectivity index (χ3v) is 3.67. The molecule has 0 saturated carbocycles. The maximum Gasteiger partial charge on any atom is 0.0673 e. The molecule has 2 heteroatoms. The first-order valence-electron chi connectivity index (χ1n) is 6.65. The monoisotopic (exact) mass is 233 g/mol. The second kappa shape index (κ2) is 5.19. The molecular formula is C15H23NO. The number of rotatable bonds is 3. The van der Waals surface area contributed by atoms with E-state index >= 15 is 0 Å². The summed E-state index contributed by atoms with van der Waals surface area (Å²) in [5.74, 6) is 0. The Morgan fingerprint density at radius 3 is 2.76 bits per heavy atom. The number of aliphatic hydroxyl groups is 1. The van der Waals surface area contributed by atoms with E-state index < -0.39 is 0 Å². The Balaban J connectivity index is 2.43. The maximum absolute atomic E-state index is 9.90. The van der Waals surface area contributed by atoms with Crippen LogP contribution >= 0.6 is 0 Å². The lowest BCUT2D eigenvalue weighted by Crippen LogP contribution is -2.49. The van der Waals surface area contributed by atoms with Crippen molar-refractivity contribution >= 4 is 0 Å². The van der Waals surface area contributed by atoms with Crippen LogP contribution in [0.1, 0.15) is 44.2 Å². The molecule has 0 aliphatic heterocycles. The highest BCUT2D eigenvalue weighted by Gasteiger charge is 2.34. The van der Waals surface area contributed by atoms with Crippen molar-refractivity contribution in [3.63, 3.8) is 0 Å². The van der Waals surface area contributed by atoms with Crippen LogP contribution in [0.2, 0.25) is 0 Å². The molecule has 1 aliphatic carbocycles. The van der Waals surface area contributed by atoms with Crippen LogP contribution in [0.5, 0.6) is 0 Å². The fourth-order valence-corrected chi connectivity index (χ4v) is 2.99. The van der Waals surface area contributed by atoms with E-state index in [0.29, 0.717) is 6.04 Å². The van der Waals surface area contributed by atoms with Crippen LogP contribution in [0.15, 0.2) is 24.3 Å². The predicted molar refractivity (Wildman–Crippen MR) is 71.0 cm³/mol. The Morgan fingerprint density at radius 1 is 1.29 bits per heavy atom. The molecule has 0 spiro atoms. The van der Waals surface area contributed by atoms with Crippen molar-refractivity contribution in [2.75, 3.05) is 6.61 Å². The maximum atomic E-state index is 9.90. The number of aliphatic hydroxyl groups excluding tert-OH is 1. The summed E-state index contributed by atoms with van der Waals surface area (Å²) in [6, 6.07) is 8.94. The summed E-state index contributed by atoms with van der Waals surface area (Å²) in [6.45, 7) is 4.47. The third kappa shape index (κ3) is 2.53. The Hall–Kier alpha value is -0.860. The Kier molecular flexibility index (Phi) is 3.85. The molecule has 1 unspecified atom stereocenters. The number of nitrogens with one attached hydrogen (secondary N) is 1. The van der Waals surface area contributed by atoms with Gasteiger partial charge in [0.25, 0.3) is 0 Å². The molecule has 0 radical (unpaired) electrons. The second-order valence-electron chi connectivity index (χ2n) is 5.40. The average molecular weight is 233 g/mol. The summed E-state index contributed by atoms with van der Waals surface area (Å²) in [6.07, 6.45) is 4.56. The average Bonchev–Trinajstić information content (AvgIpc) is 2.50. The van der Waals surface area contributed by atoms with Gasteiger partial charge in [-0.15, -0.1) is 0 Å². The summed E-state index contributed by atoms with van der Waals surface area (Å²) < 4.78 is 0. The highest BCUT2D eigenvalue weighted by atomic mass is 16.3. The van der Waals surface area contributed by atoms with Gasteiger partial charge in [-0.05, 0) is 44.2 Å². The molecule has 0 fully saturated rings. The predicted octanol–water partition coefficient (Wildman–Crippen LogP) is 2.60. The van der Waals surface area contributed by atoms with Gasteiger partial charge in [0.05, 0.1) is 12.1 Å². The normalized spacial score (nSPS) is 24.5. The van der Waals surface area contributed by atoms with Crippen molar-refractivity contribution in [1.29, 1.82) is 0 Å². The molecule has 0 amide bonds. The number of fused-ring (bicyclic) bond motifs is 1. The van der Waals surface area contributed by atoms with Crippen LogP contribution in [-0.2, 0) is 12.0 Å². The SMILES string of the molecule is CC(C)NC1(CO)CCCCc2ccccc21. The van der Waals surface area contributed by atoms with Gasteiger partial charge in [-0.3, -0.25) is 0 Å². The molecule has 0 heterocycles. The number of hydrogen-bond donors (Lipinski definition) is 2. The van der Waals surface area contributed by atoms with E-state index in [9.17, 15) is 5.11 Å². The highest BCUT2D eigenvalue weighted by molar-refractivity contribution is 5.35. The molecule has 0 bridgehead atoms.